The van der Waals surface area contributed by atoms with E-state index in [0.29, 0.717) is 35.9 Å². The van der Waals surface area contributed by atoms with Crippen molar-refractivity contribution in [1.29, 1.82) is 0 Å². The molecule has 0 bridgehead atoms. The minimum Gasteiger partial charge on any atom is -0.490 e. The van der Waals surface area contributed by atoms with Crippen molar-refractivity contribution in [2.75, 3.05) is 30.4 Å². The van der Waals surface area contributed by atoms with Crippen LogP contribution in [-0.2, 0) is 4.79 Å². The monoisotopic (exact) mass is 405 g/mol. The van der Waals surface area contributed by atoms with Crippen molar-refractivity contribution in [2.24, 2.45) is 5.73 Å². The Morgan fingerprint density at radius 2 is 1.43 bits per heavy atom. The van der Waals surface area contributed by atoms with Crippen LogP contribution in [0.15, 0.2) is 78.9 Å². The average molecular weight is 405 g/mol. The summed E-state index contributed by atoms with van der Waals surface area (Å²) in [5.74, 6) is 0.667. The molecular weight excluding hydrogens is 382 g/mol. The number of carbonyl (C=O) groups is 2. The molecule has 0 aliphatic carbocycles. The third-order valence-corrected chi connectivity index (χ3v) is 4.08. The Morgan fingerprint density at radius 1 is 0.767 bits per heavy atom. The molecule has 7 nitrogen and oxygen atoms in total. The second-order valence-electron chi connectivity index (χ2n) is 6.38. The van der Waals surface area contributed by atoms with E-state index in [4.69, 9.17) is 15.2 Å². The van der Waals surface area contributed by atoms with E-state index in [2.05, 4.69) is 10.6 Å². The van der Waals surface area contributed by atoms with Gasteiger partial charge in [-0.1, -0.05) is 30.3 Å². The fourth-order valence-electron chi connectivity index (χ4n) is 2.67. The summed E-state index contributed by atoms with van der Waals surface area (Å²) in [4.78, 5) is 23.4. The van der Waals surface area contributed by atoms with Gasteiger partial charge >= 0.3 is 0 Å². The Hall–Kier alpha value is -4.00. The first-order chi connectivity index (χ1) is 14.6. The first kappa shape index (κ1) is 20.7. The number of amides is 2. The van der Waals surface area contributed by atoms with Crippen molar-refractivity contribution in [2.45, 2.75) is 0 Å². The van der Waals surface area contributed by atoms with Crippen LogP contribution in [0.1, 0.15) is 10.4 Å². The van der Waals surface area contributed by atoms with Gasteiger partial charge in [-0.2, -0.15) is 0 Å². The molecule has 7 heteroatoms. The van der Waals surface area contributed by atoms with Crippen molar-refractivity contribution in [3.05, 3.63) is 84.4 Å². The molecule has 0 unspecified atom stereocenters. The van der Waals surface area contributed by atoms with Crippen molar-refractivity contribution in [1.82, 2.24) is 0 Å². The quantitative estimate of drug-likeness (QED) is 0.449. The number of hydrogen-bond acceptors (Lipinski definition) is 5. The van der Waals surface area contributed by atoms with Gasteiger partial charge in [-0.15, -0.1) is 0 Å². The first-order valence-corrected chi connectivity index (χ1v) is 9.44. The van der Waals surface area contributed by atoms with E-state index >= 15 is 0 Å². The number of primary amides is 1. The van der Waals surface area contributed by atoms with Crippen LogP contribution in [0.2, 0.25) is 0 Å². The Labute approximate surface area is 174 Å². The van der Waals surface area contributed by atoms with E-state index in [1.165, 1.54) is 0 Å². The molecule has 2 amide bonds. The molecular formula is C23H23N3O4. The number of ether oxygens (including phenoxy) is 2. The lowest BCUT2D eigenvalue weighted by Crippen LogP contribution is -2.22. The van der Waals surface area contributed by atoms with Gasteiger partial charge in [-0.25, -0.2) is 0 Å². The molecule has 154 valence electrons. The van der Waals surface area contributed by atoms with Crippen molar-refractivity contribution >= 4 is 23.2 Å². The maximum Gasteiger partial charge on any atom is 0.248 e. The highest BCUT2D eigenvalue weighted by atomic mass is 16.5. The highest BCUT2D eigenvalue weighted by Gasteiger charge is 2.06. The molecule has 0 saturated carbocycles. The maximum atomic E-state index is 12.2. The van der Waals surface area contributed by atoms with Crippen LogP contribution in [0, 0.1) is 0 Å². The number of benzene rings is 3. The van der Waals surface area contributed by atoms with Crippen LogP contribution in [0.5, 0.6) is 11.5 Å². The predicted octanol–water partition coefficient (Wildman–Crippen LogP) is 3.29. The number of nitrogens with one attached hydrogen (secondary N) is 2. The zero-order valence-electron chi connectivity index (χ0n) is 16.3. The van der Waals surface area contributed by atoms with Gasteiger partial charge in [0.2, 0.25) is 11.8 Å². The molecule has 30 heavy (non-hydrogen) atoms. The smallest absolute Gasteiger partial charge is 0.248 e. The lowest BCUT2D eigenvalue weighted by Gasteiger charge is -2.11. The van der Waals surface area contributed by atoms with Crippen LogP contribution in [-0.4, -0.2) is 31.6 Å². The SMILES string of the molecule is NC(=O)c1cccc(NCC(=O)Nc2cccc(OCCOc3ccccc3)c2)c1. The highest BCUT2D eigenvalue weighted by molar-refractivity contribution is 5.95. The zero-order chi connectivity index (χ0) is 21.2. The second-order valence-corrected chi connectivity index (χ2v) is 6.38. The molecule has 0 fully saturated rings. The molecule has 3 aromatic carbocycles. The van der Waals surface area contributed by atoms with E-state index in [1.54, 1.807) is 42.5 Å². The zero-order valence-corrected chi connectivity index (χ0v) is 16.3. The van der Waals surface area contributed by atoms with Gasteiger partial charge in [-0.3, -0.25) is 9.59 Å². The van der Waals surface area contributed by atoms with Gasteiger partial charge in [0.1, 0.15) is 24.7 Å². The molecule has 0 radical (unpaired) electrons. The predicted molar refractivity (Wildman–Crippen MR) is 116 cm³/mol. The first-order valence-electron chi connectivity index (χ1n) is 9.44. The summed E-state index contributed by atoms with van der Waals surface area (Å²) in [6, 6.07) is 23.3. The molecule has 3 aromatic rings. The number of nitrogens with two attached hydrogens (primary N) is 1. The summed E-state index contributed by atoms with van der Waals surface area (Å²) in [7, 11) is 0. The maximum absolute atomic E-state index is 12.2. The van der Waals surface area contributed by atoms with E-state index in [-0.39, 0.29) is 12.5 Å². The minimum absolute atomic E-state index is 0.0399. The fraction of sp³-hybridized carbons (Fsp3) is 0.130. The summed E-state index contributed by atoms with van der Waals surface area (Å²) in [6.45, 7) is 0.831. The van der Waals surface area contributed by atoms with Gasteiger partial charge in [-0.05, 0) is 42.5 Å². The fourth-order valence-corrected chi connectivity index (χ4v) is 2.67. The number of anilines is 2. The molecule has 0 saturated heterocycles. The van der Waals surface area contributed by atoms with Crippen LogP contribution in [0.25, 0.3) is 0 Å². The lowest BCUT2D eigenvalue weighted by atomic mass is 10.2. The van der Waals surface area contributed by atoms with Crippen molar-refractivity contribution in [3.63, 3.8) is 0 Å². The summed E-state index contributed by atoms with van der Waals surface area (Å²) >= 11 is 0. The van der Waals surface area contributed by atoms with Crippen LogP contribution >= 0.6 is 0 Å². The molecule has 0 spiro atoms. The summed E-state index contributed by atoms with van der Waals surface area (Å²) in [6.07, 6.45) is 0. The molecule has 0 aliphatic rings. The third-order valence-electron chi connectivity index (χ3n) is 4.08. The molecule has 0 aliphatic heterocycles. The van der Waals surface area contributed by atoms with Gasteiger partial charge in [0.25, 0.3) is 0 Å². The number of carbonyl (C=O) groups excluding carboxylic acids is 2. The van der Waals surface area contributed by atoms with Gasteiger partial charge in [0.15, 0.2) is 0 Å². The molecule has 0 heterocycles. The van der Waals surface area contributed by atoms with E-state index < -0.39 is 5.91 Å². The number of hydrogen-bond donors (Lipinski definition) is 3. The van der Waals surface area contributed by atoms with Crippen LogP contribution in [0.3, 0.4) is 0 Å². The summed E-state index contributed by atoms with van der Waals surface area (Å²) in [5.41, 5.74) is 6.89. The van der Waals surface area contributed by atoms with Crippen molar-refractivity contribution in [3.8, 4) is 11.5 Å². The normalized spacial score (nSPS) is 10.1. The Kier molecular flexibility index (Phi) is 7.27. The Balaban J connectivity index is 1.44. The highest BCUT2D eigenvalue weighted by Crippen LogP contribution is 2.18. The van der Waals surface area contributed by atoms with E-state index in [9.17, 15) is 9.59 Å². The lowest BCUT2D eigenvalue weighted by molar-refractivity contribution is -0.114. The number of para-hydroxylation sites is 1. The summed E-state index contributed by atoms with van der Waals surface area (Å²) < 4.78 is 11.3. The third kappa shape index (κ3) is 6.56. The van der Waals surface area contributed by atoms with Crippen molar-refractivity contribution < 1.29 is 19.1 Å². The second kappa shape index (κ2) is 10.5. The largest absolute Gasteiger partial charge is 0.490 e. The van der Waals surface area contributed by atoms with Gasteiger partial charge < -0.3 is 25.8 Å². The van der Waals surface area contributed by atoms with Gasteiger partial charge in [0, 0.05) is 23.0 Å². The number of rotatable bonds is 10. The van der Waals surface area contributed by atoms with E-state index in [0.717, 1.165) is 5.75 Å². The average Bonchev–Trinajstić information content (AvgIpc) is 2.76. The topological polar surface area (TPSA) is 103 Å². The Bertz CT molecular complexity index is 993. The summed E-state index contributed by atoms with van der Waals surface area (Å²) in [5, 5.41) is 5.77. The molecule has 4 N–H and O–H groups in total. The van der Waals surface area contributed by atoms with Crippen LogP contribution in [0.4, 0.5) is 11.4 Å². The Morgan fingerprint density at radius 3 is 2.20 bits per heavy atom. The molecule has 3 rings (SSSR count). The molecule has 0 atom stereocenters. The van der Waals surface area contributed by atoms with Crippen LogP contribution < -0.4 is 25.8 Å². The van der Waals surface area contributed by atoms with E-state index in [1.807, 2.05) is 36.4 Å². The minimum atomic E-state index is -0.519. The van der Waals surface area contributed by atoms with Gasteiger partial charge in [0.05, 0.1) is 6.54 Å². The molecule has 0 aromatic heterocycles. The standard InChI is InChI=1S/C23H23N3O4/c24-23(28)17-6-4-7-18(14-17)25-16-22(27)26-19-8-5-11-21(15-19)30-13-12-29-20-9-2-1-3-10-20/h1-11,14-15,25H,12-13,16H2,(H2,24,28)(H,26,27).